The third-order valence-electron chi connectivity index (χ3n) is 9.05. The van der Waals surface area contributed by atoms with Crippen molar-refractivity contribution in [1.82, 2.24) is 20.2 Å². The number of anilines is 1. The van der Waals surface area contributed by atoms with Crippen LogP contribution in [0.15, 0.2) is 47.1 Å². The second-order valence-corrected chi connectivity index (χ2v) is 15.9. The molecular weight excluding hydrogens is 641 g/mol. The Morgan fingerprint density at radius 3 is 2.66 bits per heavy atom. The van der Waals surface area contributed by atoms with Gasteiger partial charge in [-0.1, -0.05) is 29.1 Å². The Morgan fingerprint density at radius 2 is 2.00 bits per heavy atom. The molecule has 2 saturated carbocycles. The van der Waals surface area contributed by atoms with Crippen molar-refractivity contribution in [3.05, 3.63) is 71.1 Å². The molecule has 8 nitrogen and oxygen atoms in total. The van der Waals surface area contributed by atoms with E-state index in [1.807, 2.05) is 19.9 Å². The van der Waals surface area contributed by atoms with E-state index in [-0.39, 0.29) is 46.0 Å². The molecule has 3 heterocycles. The molecule has 1 amide bonds. The van der Waals surface area contributed by atoms with Crippen LogP contribution in [-0.2, 0) is 6.54 Å². The molecule has 47 heavy (non-hydrogen) atoms. The third-order valence-corrected chi connectivity index (χ3v) is 11.2. The van der Waals surface area contributed by atoms with Gasteiger partial charge in [-0.2, -0.15) is 0 Å². The number of hydrogen-bond acceptors (Lipinski definition) is 9. The minimum Gasteiger partial charge on any atom is -0.489 e. The van der Waals surface area contributed by atoms with Crippen molar-refractivity contribution in [2.24, 2.45) is 0 Å². The zero-order chi connectivity index (χ0) is 33.0. The van der Waals surface area contributed by atoms with Crippen LogP contribution in [-0.4, -0.2) is 39.0 Å². The smallest absolute Gasteiger partial charge is 0.261 e. The summed E-state index contributed by atoms with van der Waals surface area (Å²) in [4.78, 5) is 20.3. The Bertz CT molecular complexity index is 1830. The van der Waals surface area contributed by atoms with Gasteiger partial charge in [0.1, 0.15) is 34.4 Å². The summed E-state index contributed by atoms with van der Waals surface area (Å²) in [5, 5.41) is 8.55. The van der Waals surface area contributed by atoms with Crippen molar-refractivity contribution >= 4 is 44.5 Å². The molecule has 7 rings (SSSR count). The molecule has 2 unspecified atom stereocenters. The number of benzene rings is 2. The van der Waals surface area contributed by atoms with Crippen LogP contribution in [0.1, 0.15) is 93.8 Å². The van der Waals surface area contributed by atoms with Gasteiger partial charge in [0.25, 0.3) is 5.91 Å². The second kappa shape index (κ2) is 12.5. The minimum atomic E-state index is -0.658. The van der Waals surface area contributed by atoms with E-state index < -0.39 is 11.6 Å². The predicted molar refractivity (Wildman–Crippen MR) is 183 cm³/mol. The molecule has 1 saturated heterocycles. The molecule has 4 aromatic rings. The molecule has 12 heteroatoms. The first-order valence-electron chi connectivity index (χ1n) is 16.2. The van der Waals surface area contributed by atoms with Gasteiger partial charge in [0.05, 0.1) is 16.4 Å². The largest absolute Gasteiger partial charge is 0.489 e. The average molecular weight is 680 g/mol. The number of carbonyl (C=O) groups excluding carboxylic acids is 1. The molecular formula is C35H39F2N5O3S2. The molecule has 1 aliphatic heterocycles. The minimum absolute atomic E-state index is 0.0658. The zero-order valence-electron chi connectivity index (χ0n) is 27.0. The van der Waals surface area contributed by atoms with Crippen LogP contribution in [0.2, 0.25) is 0 Å². The highest BCUT2D eigenvalue weighted by molar-refractivity contribution is 7.99. The molecule has 2 N–H and O–H groups in total. The van der Waals surface area contributed by atoms with E-state index in [1.54, 1.807) is 6.07 Å². The van der Waals surface area contributed by atoms with Gasteiger partial charge in [-0.05, 0) is 96.0 Å². The number of aromatic nitrogens is 2. The first kappa shape index (κ1) is 32.1. The highest BCUT2D eigenvalue weighted by atomic mass is 32.2. The quantitative estimate of drug-likeness (QED) is 0.153. The number of thiazole rings is 1. The Kier molecular flexibility index (Phi) is 8.55. The van der Waals surface area contributed by atoms with Crippen LogP contribution in [0, 0.1) is 11.6 Å². The van der Waals surface area contributed by atoms with Gasteiger partial charge < -0.3 is 19.5 Å². The number of halogens is 2. The molecule has 0 radical (unpaired) electrons. The molecule has 2 atom stereocenters. The average Bonchev–Trinajstić information content (AvgIpc) is 3.91. The normalized spacial score (nSPS) is 20.7. The van der Waals surface area contributed by atoms with Crippen LogP contribution in [0.4, 0.5) is 13.9 Å². The zero-order valence-corrected chi connectivity index (χ0v) is 28.6. The van der Waals surface area contributed by atoms with E-state index >= 15 is 0 Å². The van der Waals surface area contributed by atoms with Crippen LogP contribution < -0.4 is 19.7 Å². The molecule has 2 aromatic carbocycles. The molecule has 0 bridgehead atoms. The Morgan fingerprint density at radius 1 is 1.26 bits per heavy atom. The van der Waals surface area contributed by atoms with E-state index in [0.717, 1.165) is 53.1 Å². The Hall–Kier alpha value is -3.48. The van der Waals surface area contributed by atoms with E-state index in [2.05, 4.69) is 40.5 Å². The number of rotatable bonds is 11. The lowest BCUT2D eigenvalue weighted by atomic mass is 9.95. The molecule has 2 aliphatic carbocycles. The van der Waals surface area contributed by atoms with Crippen molar-refractivity contribution in [3.63, 3.8) is 0 Å². The van der Waals surface area contributed by atoms with Gasteiger partial charge in [-0.25, -0.2) is 13.8 Å². The maximum Gasteiger partial charge on any atom is 0.261 e. The van der Waals surface area contributed by atoms with Crippen molar-refractivity contribution in [2.75, 3.05) is 4.90 Å². The monoisotopic (exact) mass is 679 g/mol. The van der Waals surface area contributed by atoms with E-state index in [9.17, 15) is 13.6 Å². The summed E-state index contributed by atoms with van der Waals surface area (Å²) in [6.07, 6.45) is 5.52. The van der Waals surface area contributed by atoms with Gasteiger partial charge in [0.2, 0.25) is 0 Å². The van der Waals surface area contributed by atoms with Crippen LogP contribution >= 0.6 is 23.3 Å². The van der Waals surface area contributed by atoms with E-state index in [0.29, 0.717) is 35.6 Å². The lowest BCUT2D eigenvalue weighted by Crippen LogP contribution is -2.45. The fourth-order valence-electron chi connectivity index (χ4n) is 6.17. The first-order valence-corrected chi connectivity index (χ1v) is 17.9. The summed E-state index contributed by atoms with van der Waals surface area (Å²) in [6.45, 7) is 13.0. The number of hydrogen-bond donors (Lipinski definition) is 2. The van der Waals surface area contributed by atoms with E-state index in [1.165, 1.54) is 41.5 Å². The fourth-order valence-corrected chi connectivity index (χ4v) is 8.10. The molecule has 3 aliphatic rings. The topological polar surface area (TPSA) is 92.5 Å². The Labute approximate surface area is 281 Å². The van der Waals surface area contributed by atoms with Gasteiger partial charge in [0, 0.05) is 52.5 Å². The number of ether oxygens (including phenoxy) is 1. The van der Waals surface area contributed by atoms with Crippen molar-refractivity contribution in [2.45, 2.75) is 102 Å². The summed E-state index contributed by atoms with van der Waals surface area (Å²) in [6, 6.07) is 7.65. The molecule has 0 spiro atoms. The van der Waals surface area contributed by atoms with Crippen molar-refractivity contribution in [3.8, 4) is 17.0 Å². The summed E-state index contributed by atoms with van der Waals surface area (Å²) in [5.41, 5.74) is 2.97. The number of nitrogens with zero attached hydrogens (tertiary/aromatic N) is 3. The SMILES string of the molecule is C=C1CC(NCc2c(-c3c(F)cccc3F)noc2C2CC2)CC(C)N1c1nc2c(OC(C)C)cc(C(=O)NSC3(C)CC3)cc2s1. The molecule has 248 valence electrons. The highest BCUT2D eigenvalue weighted by Crippen LogP contribution is 2.47. The second-order valence-electron chi connectivity index (χ2n) is 13.5. The summed E-state index contributed by atoms with van der Waals surface area (Å²) < 4.78 is 45.3. The summed E-state index contributed by atoms with van der Waals surface area (Å²) in [5.74, 6) is 0.0703. The van der Waals surface area contributed by atoms with Gasteiger partial charge in [-0.3, -0.25) is 9.52 Å². The molecule has 2 aromatic heterocycles. The van der Waals surface area contributed by atoms with Crippen molar-refractivity contribution in [1.29, 1.82) is 0 Å². The van der Waals surface area contributed by atoms with Crippen LogP contribution in [0.5, 0.6) is 5.75 Å². The van der Waals surface area contributed by atoms with E-state index in [4.69, 9.17) is 14.2 Å². The first-order chi connectivity index (χ1) is 22.5. The number of piperidine rings is 1. The van der Waals surface area contributed by atoms with Gasteiger partial charge in [0.15, 0.2) is 5.13 Å². The Balaban J connectivity index is 1.09. The third kappa shape index (κ3) is 6.64. The number of amides is 1. The maximum atomic E-state index is 14.8. The number of nitrogens with one attached hydrogen (secondary N) is 2. The van der Waals surface area contributed by atoms with Crippen LogP contribution in [0.3, 0.4) is 0 Å². The number of carbonyl (C=O) groups is 1. The standard InChI is InChI=1S/C35H39F2N5O3S2/c1-18(2)44-27-15-22(33(43)41-47-35(5)11-12-35)16-28-31(27)39-34(46-28)42-19(3)13-23(14-20(42)4)38-17-24-30(40-45-32(24)21-9-10-21)29-25(36)7-6-8-26(29)37/h6-8,15-16,18,20-21,23,38H,3,9-14,17H2,1-2,4-5H3,(H,41,43). The lowest BCUT2D eigenvalue weighted by molar-refractivity contribution is 0.0983. The maximum absolute atomic E-state index is 14.8. The number of fused-ring (bicyclic) bond motifs is 1. The lowest BCUT2D eigenvalue weighted by Gasteiger charge is -2.39. The highest BCUT2D eigenvalue weighted by Gasteiger charge is 2.39. The molecule has 3 fully saturated rings. The fraction of sp³-hybridized carbons (Fsp3) is 0.457. The summed E-state index contributed by atoms with van der Waals surface area (Å²) in [7, 11) is 0. The van der Waals surface area contributed by atoms with Crippen molar-refractivity contribution < 1.29 is 22.8 Å². The van der Waals surface area contributed by atoms with Gasteiger partial charge in [-0.15, -0.1) is 0 Å². The predicted octanol–water partition coefficient (Wildman–Crippen LogP) is 8.49. The van der Waals surface area contributed by atoms with Crippen LogP contribution in [0.25, 0.3) is 21.5 Å². The van der Waals surface area contributed by atoms with Gasteiger partial charge >= 0.3 is 0 Å². The summed E-state index contributed by atoms with van der Waals surface area (Å²) >= 11 is 3.01.